The predicted molar refractivity (Wildman–Crippen MR) is 263 cm³/mol. The maximum atomic E-state index is 7.41. The van der Waals surface area contributed by atoms with Crippen molar-refractivity contribution < 1.29 is 4.42 Å². The van der Waals surface area contributed by atoms with Crippen LogP contribution in [0.5, 0.6) is 0 Å². The molecule has 4 aliphatic rings. The fourth-order valence-corrected chi connectivity index (χ4v) is 11.7. The molecule has 0 amide bonds. The zero-order chi connectivity index (χ0) is 43.6. The third-order valence-corrected chi connectivity index (χ3v) is 15.7. The summed E-state index contributed by atoms with van der Waals surface area (Å²) in [5, 5.41) is 1.18. The van der Waals surface area contributed by atoms with Crippen LogP contribution in [0, 0.1) is 6.92 Å². The predicted octanol–water partition coefficient (Wildman–Crippen LogP) is 14.1. The maximum Gasteiger partial charge on any atom is 0.297 e. The Morgan fingerprint density at radius 1 is 0.541 bits per heavy atom. The summed E-state index contributed by atoms with van der Waals surface area (Å²) in [6.07, 6.45) is 4.72. The van der Waals surface area contributed by atoms with E-state index in [0.717, 1.165) is 11.2 Å². The van der Waals surface area contributed by atoms with Gasteiger partial charge in [-0.2, -0.15) is 0 Å². The summed E-state index contributed by atoms with van der Waals surface area (Å²) in [4.78, 5) is 5.26. The van der Waals surface area contributed by atoms with Crippen molar-refractivity contribution in [2.24, 2.45) is 0 Å². The summed E-state index contributed by atoms with van der Waals surface area (Å²) >= 11 is 0. The first-order valence-electron chi connectivity index (χ1n) is 23.1. The molecule has 0 fully saturated rings. The quantitative estimate of drug-likeness (QED) is 0.162. The Morgan fingerprint density at radius 2 is 1.11 bits per heavy atom. The number of para-hydroxylation sites is 1. The summed E-state index contributed by atoms with van der Waals surface area (Å²) in [7, 11) is 0. The highest BCUT2D eigenvalue weighted by molar-refractivity contribution is 7.00. The Bertz CT molecular complexity index is 2820. The number of nitrogens with zero attached hydrogens (tertiary/aromatic N) is 2. The van der Waals surface area contributed by atoms with Crippen LogP contribution in [0.2, 0.25) is 0 Å². The SMILES string of the molecule is Cc1cc2c3c(c1)N(c1ccccc1C(C)(C)C)c1c(oc4ccc(C(C)(C)C)cc14)B3c1cc3c(cc1N2c1ccc2c(c1)C(C)(C)CCC2(C)C)C(C)(C)CCC3(C)C. The first-order valence-corrected chi connectivity index (χ1v) is 23.1. The van der Waals surface area contributed by atoms with Gasteiger partial charge >= 0.3 is 0 Å². The molecule has 0 N–H and O–H groups in total. The van der Waals surface area contributed by atoms with Gasteiger partial charge in [0, 0.05) is 33.8 Å². The Hall–Kier alpha value is -4.70. The van der Waals surface area contributed by atoms with Gasteiger partial charge < -0.3 is 14.2 Å². The lowest BCUT2D eigenvalue weighted by atomic mass is 9.35. The van der Waals surface area contributed by atoms with E-state index >= 15 is 0 Å². The lowest BCUT2D eigenvalue weighted by molar-refractivity contribution is 0.332. The third kappa shape index (κ3) is 5.97. The summed E-state index contributed by atoms with van der Waals surface area (Å²) in [6, 6.07) is 33.7. The van der Waals surface area contributed by atoms with Crippen LogP contribution in [0.25, 0.3) is 11.0 Å². The van der Waals surface area contributed by atoms with Gasteiger partial charge in [0.05, 0.1) is 11.3 Å². The standard InChI is InChI=1S/C57H67BN2O/c1-34-28-46-49-47(29-34)60(44-19-17-16-18-39(44)53(5,6)7)50-37-30-35(52(2,3)4)20-23-48(37)61-51(50)58(49)43-32-41-42(57(14,15)27-26-56(41,12)13)33-45(43)59(46)36-21-22-38-40(31-36)55(10,11)25-24-54(38,8)9/h16-23,28-33H,24-27H2,1-15H3. The highest BCUT2D eigenvalue weighted by Crippen LogP contribution is 2.54. The number of rotatable bonds is 2. The lowest BCUT2D eigenvalue weighted by Gasteiger charge is -2.47. The largest absolute Gasteiger partial charge is 0.468 e. The van der Waals surface area contributed by atoms with Crippen LogP contribution in [0.4, 0.5) is 34.1 Å². The Balaban J connectivity index is 1.36. The summed E-state index contributed by atoms with van der Waals surface area (Å²) in [6.45, 7) is 35.9. The van der Waals surface area contributed by atoms with E-state index in [-0.39, 0.29) is 39.2 Å². The van der Waals surface area contributed by atoms with Crippen LogP contribution in [0.3, 0.4) is 0 Å². The molecule has 3 nitrogen and oxygen atoms in total. The van der Waals surface area contributed by atoms with E-state index in [1.165, 1.54) is 115 Å². The number of anilines is 6. The Morgan fingerprint density at radius 3 is 1.74 bits per heavy atom. The lowest BCUT2D eigenvalue weighted by Crippen LogP contribution is -2.61. The molecule has 0 spiro atoms. The fourth-order valence-electron chi connectivity index (χ4n) is 11.7. The first-order chi connectivity index (χ1) is 28.4. The number of aryl methyl sites for hydroxylation is 1. The molecule has 0 saturated heterocycles. The van der Waals surface area contributed by atoms with Crippen LogP contribution >= 0.6 is 0 Å². The molecule has 0 atom stereocenters. The number of hydrogen-bond acceptors (Lipinski definition) is 3. The molecular formula is C57H67BN2O. The van der Waals surface area contributed by atoms with Crippen molar-refractivity contribution in [2.75, 3.05) is 9.80 Å². The molecule has 2 aliphatic carbocycles. The van der Waals surface area contributed by atoms with Gasteiger partial charge in [-0.05, 0) is 163 Å². The molecule has 0 radical (unpaired) electrons. The van der Waals surface area contributed by atoms with Crippen molar-refractivity contribution in [1.29, 1.82) is 0 Å². The average Bonchev–Trinajstić information content (AvgIpc) is 3.55. The molecule has 5 aromatic carbocycles. The average molecular weight is 807 g/mol. The van der Waals surface area contributed by atoms with Gasteiger partial charge in [-0.15, -0.1) is 0 Å². The highest BCUT2D eigenvalue weighted by atomic mass is 16.3. The van der Waals surface area contributed by atoms with Gasteiger partial charge in [-0.25, -0.2) is 0 Å². The minimum atomic E-state index is -0.0899. The minimum absolute atomic E-state index is 0.0170. The Labute approximate surface area is 367 Å². The molecule has 4 heteroatoms. The van der Waals surface area contributed by atoms with Crippen molar-refractivity contribution in [3.05, 3.63) is 124 Å². The van der Waals surface area contributed by atoms with E-state index in [1.807, 2.05) is 0 Å². The van der Waals surface area contributed by atoms with Crippen LogP contribution in [0.1, 0.15) is 162 Å². The van der Waals surface area contributed by atoms with Crippen LogP contribution < -0.4 is 26.4 Å². The highest BCUT2D eigenvalue weighted by Gasteiger charge is 2.50. The van der Waals surface area contributed by atoms with Gasteiger partial charge in [0.15, 0.2) is 0 Å². The molecule has 6 aromatic rings. The molecule has 61 heavy (non-hydrogen) atoms. The number of benzene rings is 5. The third-order valence-electron chi connectivity index (χ3n) is 15.7. The van der Waals surface area contributed by atoms with Crippen molar-refractivity contribution >= 4 is 68.4 Å². The van der Waals surface area contributed by atoms with E-state index in [1.54, 1.807) is 0 Å². The number of hydrogen-bond donors (Lipinski definition) is 0. The van der Waals surface area contributed by atoms with Crippen molar-refractivity contribution in [3.63, 3.8) is 0 Å². The zero-order valence-electron chi connectivity index (χ0n) is 39.8. The second kappa shape index (κ2) is 12.7. The van der Waals surface area contributed by atoms with Crippen LogP contribution in [-0.4, -0.2) is 6.71 Å². The van der Waals surface area contributed by atoms with Crippen molar-refractivity contribution in [2.45, 2.75) is 162 Å². The second-order valence-electron chi connectivity index (χ2n) is 24.1. The van der Waals surface area contributed by atoms with E-state index in [9.17, 15) is 0 Å². The molecular weight excluding hydrogens is 739 g/mol. The summed E-state index contributed by atoms with van der Waals surface area (Å²) in [5.41, 5.74) is 22.2. The molecule has 3 heterocycles. The molecule has 1 aromatic heterocycles. The van der Waals surface area contributed by atoms with Crippen molar-refractivity contribution in [3.8, 4) is 0 Å². The zero-order valence-corrected chi connectivity index (χ0v) is 39.8. The van der Waals surface area contributed by atoms with Gasteiger partial charge in [0.25, 0.3) is 6.71 Å². The van der Waals surface area contributed by atoms with E-state index in [2.05, 4.69) is 199 Å². The monoisotopic (exact) mass is 807 g/mol. The van der Waals surface area contributed by atoms with Gasteiger partial charge in [-0.1, -0.05) is 133 Å². The minimum Gasteiger partial charge on any atom is -0.468 e. The van der Waals surface area contributed by atoms with Crippen LogP contribution in [-0.2, 0) is 32.5 Å². The number of fused-ring (bicyclic) bond motifs is 8. The fraction of sp³-hybridized carbons (Fsp3) is 0.439. The van der Waals surface area contributed by atoms with E-state index in [0.29, 0.717) is 0 Å². The van der Waals surface area contributed by atoms with Gasteiger partial charge in [0.1, 0.15) is 5.58 Å². The first kappa shape index (κ1) is 40.4. The van der Waals surface area contributed by atoms with E-state index in [4.69, 9.17) is 4.42 Å². The van der Waals surface area contributed by atoms with Gasteiger partial charge in [-0.3, -0.25) is 0 Å². The maximum absolute atomic E-state index is 7.41. The molecule has 10 rings (SSSR count). The number of furan rings is 1. The topological polar surface area (TPSA) is 19.6 Å². The normalized spacial score (nSPS) is 19.2. The molecule has 314 valence electrons. The smallest absolute Gasteiger partial charge is 0.297 e. The molecule has 2 aliphatic heterocycles. The second-order valence-corrected chi connectivity index (χ2v) is 24.1. The molecule has 0 bridgehead atoms. The van der Waals surface area contributed by atoms with E-state index < -0.39 is 0 Å². The molecule has 0 unspecified atom stereocenters. The Kier molecular flexibility index (Phi) is 8.41. The summed E-state index contributed by atoms with van der Waals surface area (Å²) < 4.78 is 7.41. The van der Waals surface area contributed by atoms with Crippen molar-refractivity contribution in [1.82, 2.24) is 0 Å². The summed E-state index contributed by atoms with van der Waals surface area (Å²) in [5.74, 6) is 0. The van der Waals surface area contributed by atoms with Gasteiger partial charge in [0.2, 0.25) is 0 Å². The molecule has 0 saturated carbocycles. The van der Waals surface area contributed by atoms with Crippen LogP contribution in [0.15, 0.2) is 89.3 Å².